The van der Waals surface area contributed by atoms with Gasteiger partial charge in [0.25, 0.3) is 0 Å². The number of carbonyl (C=O) groups is 1. The molecule has 1 aromatic carbocycles. The van der Waals surface area contributed by atoms with Crippen LogP contribution in [0.15, 0.2) is 36.6 Å². The van der Waals surface area contributed by atoms with Crippen molar-refractivity contribution in [2.45, 2.75) is 20.8 Å². The molecule has 0 aliphatic heterocycles. The van der Waals surface area contributed by atoms with Crippen LogP contribution in [0.2, 0.25) is 0 Å². The molecular formula is C13H16O3. The minimum absolute atomic E-state index is 0.0121. The number of carboxylic acid groups (broad SMARTS) is 1. The number of aromatic carboxylic acids is 1. The van der Waals surface area contributed by atoms with E-state index in [-0.39, 0.29) is 11.0 Å². The average molecular weight is 220 g/mol. The summed E-state index contributed by atoms with van der Waals surface area (Å²) in [4.78, 5) is 10.9. The summed E-state index contributed by atoms with van der Waals surface area (Å²) in [5.41, 5.74) is 0.180. The summed E-state index contributed by atoms with van der Waals surface area (Å²) in [6, 6.07) is 6.57. The van der Waals surface area contributed by atoms with Gasteiger partial charge in [-0.2, -0.15) is 0 Å². The monoisotopic (exact) mass is 220 g/mol. The van der Waals surface area contributed by atoms with Crippen molar-refractivity contribution in [1.29, 1.82) is 0 Å². The van der Waals surface area contributed by atoms with Crippen LogP contribution in [0.4, 0.5) is 0 Å². The van der Waals surface area contributed by atoms with Crippen LogP contribution in [-0.2, 0) is 0 Å². The largest absolute Gasteiger partial charge is 0.478 e. The van der Waals surface area contributed by atoms with E-state index in [9.17, 15) is 4.79 Å². The maximum atomic E-state index is 10.9. The predicted octanol–water partition coefficient (Wildman–Crippen LogP) is 3.32. The Balaban J connectivity index is 2.82. The van der Waals surface area contributed by atoms with Crippen LogP contribution in [0.1, 0.15) is 31.1 Å². The molecule has 0 amide bonds. The van der Waals surface area contributed by atoms with Crippen molar-refractivity contribution < 1.29 is 14.6 Å². The van der Waals surface area contributed by atoms with Gasteiger partial charge >= 0.3 is 5.97 Å². The van der Waals surface area contributed by atoms with E-state index < -0.39 is 5.97 Å². The summed E-state index contributed by atoms with van der Waals surface area (Å²) in [5.74, 6) is -0.629. The lowest BCUT2D eigenvalue weighted by molar-refractivity contribution is 0.0694. The molecule has 0 saturated carbocycles. The Kier molecular flexibility index (Phi) is 3.72. The van der Waals surface area contributed by atoms with E-state index in [1.807, 2.05) is 26.8 Å². The second kappa shape index (κ2) is 4.84. The zero-order valence-corrected chi connectivity index (χ0v) is 9.73. The molecule has 0 unspecified atom stereocenters. The van der Waals surface area contributed by atoms with Crippen molar-refractivity contribution in [3.05, 3.63) is 42.2 Å². The number of para-hydroxylation sites is 1. The lowest BCUT2D eigenvalue weighted by Crippen LogP contribution is -2.02. The highest BCUT2D eigenvalue weighted by molar-refractivity contribution is 5.90. The number of benzene rings is 1. The highest BCUT2D eigenvalue weighted by atomic mass is 16.5. The zero-order valence-electron chi connectivity index (χ0n) is 9.73. The smallest absolute Gasteiger partial charge is 0.339 e. The van der Waals surface area contributed by atoms with Crippen LogP contribution in [0, 0.1) is 5.41 Å². The number of rotatable bonds is 3. The Hall–Kier alpha value is -1.77. The first kappa shape index (κ1) is 12.3. The molecule has 0 aromatic heterocycles. The number of hydrogen-bond donors (Lipinski definition) is 1. The summed E-state index contributed by atoms with van der Waals surface area (Å²) in [6.45, 7) is 6.11. The van der Waals surface area contributed by atoms with Gasteiger partial charge in [-0.25, -0.2) is 4.79 Å². The van der Waals surface area contributed by atoms with Crippen LogP contribution >= 0.6 is 0 Å². The molecule has 1 aromatic rings. The molecule has 0 spiro atoms. The fourth-order valence-corrected chi connectivity index (χ4v) is 1.06. The lowest BCUT2D eigenvalue weighted by Gasteiger charge is -2.11. The van der Waals surface area contributed by atoms with E-state index in [4.69, 9.17) is 9.84 Å². The number of allylic oxidation sites excluding steroid dienone is 1. The molecule has 3 heteroatoms. The van der Waals surface area contributed by atoms with Gasteiger partial charge in [-0.05, 0) is 23.6 Å². The Labute approximate surface area is 95.4 Å². The van der Waals surface area contributed by atoms with E-state index in [1.54, 1.807) is 18.2 Å². The third kappa shape index (κ3) is 3.77. The highest BCUT2D eigenvalue weighted by Gasteiger charge is 2.09. The predicted molar refractivity (Wildman–Crippen MR) is 62.6 cm³/mol. The van der Waals surface area contributed by atoms with Gasteiger partial charge in [-0.1, -0.05) is 32.9 Å². The molecule has 0 heterocycles. The van der Waals surface area contributed by atoms with Gasteiger partial charge in [0, 0.05) is 0 Å². The van der Waals surface area contributed by atoms with Gasteiger partial charge in [0.15, 0.2) is 0 Å². The van der Waals surface area contributed by atoms with E-state index >= 15 is 0 Å². The van der Waals surface area contributed by atoms with E-state index in [0.29, 0.717) is 5.75 Å². The quantitative estimate of drug-likeness (QED) is 0.795. The lowest BCUT2D eigenvalue weighted by atomic mass is 9.97. The van der Waals surface area contributed by atoms with E-state index in [1.165, 1.54) is 12.3 Å². The molecule has 16 heavy (non-hydrogen) atoms. The third-order valence-electron chi connectivity index (χ3n) is 1.88. The first-order valence-electron chi connectivity index (χ1n) is 5.07. The summed E-state index contributed by atoms with van der Waals surface area (Å²) >= 11 is 0. The minimum Gasteiger partial charge on any atom is -0.478 e. The molecular weight excluding hydrogens is 204 g/mol. The summed E-state index contributed by atoms with van der Waals surface area (Å²) in [6.07, 6.45) is 3.41. The number of ether oxygens (including phenoxy) is 1. The maximum absolute atomic E-state index is 10.9. The van der Waals surface area contributed by atoms with Crippen molar-refractivity contribution >= 4 is 5.97 Å². The highest BCUT2D eigenvalue weighted by Crippen LogP contribution is 2.20. The first-order valence-corrected chi connectivity index (χ1v) is 5.07. The molecule has 3 nitrogen and oxygen atoms in total. The fourth-order valence-electron chi connectivity index (χ4n) is 1.06. The van der Waals surface area contributed by atoms with Crippen molar-refractivity contribution in [3.8, 4) is 5.75 Å². The minimum atomic E-state index is -0.986. The zero-order chi connectivity index (χ0) is 12.2. The van der Waals surface area contributed by atoms with Crippen LogP contribution in [0.5, 0.6) is 5.75 Å². The van der Waals surface area contributed by atoms with Gasteiger partial charge in [0.2, 0.25) is 0 Å². The van der Waals surface area contributed by atoms with Crippen LogP contribution in [0.25, 0.3) is 0 Å². The molecule has 86 valence electrons. The molecule has 1 N–H and O–H groups in total. The standard InChI is InChI=1S/C13H16O3/c1-13(2,3)8-9-16-11-7-5-4-6-10(11)12(14)15/h4-9H,1-3H3,(H,14,15). The van der Waals surface area contributed by atoms with Gasteiger partial charge < -0.3 is 9.84 Å². The third-order valence-corrected chi connectivity index (χ3v) is 1.88. The summed E-state index contributed by atoms with van der Waals surface area (Å²) < 4.78 is 5.31. The van der Waals surface area contributed by atoms with Gasteiger partial charge in [0.05, 0.1) is 6.26 Å². The Morgan fingerprint density at radius 1 is 1.31 bits per heavy atom. The Morgan fingerprint density at radius 3 is 2.50 bits per heavy atom. The van der Waals surface area contributed by atoms with E-state index in [2.05, 4.69) is 0 Å². The van der Waals surface area contributed by atoms with Gasteiger partial charge in [-0.3, -0.25) is 0 Å². The summed E-state index contributed by atoms with van der Waals surface area (Å²) in [7, 11) is 0. The van der Waals surface area contributed by atoms with Crippen molar-refractivity contribution in [2.24, 2.45) is 5.41 Å². The number of carboxylic acids is 1. The van der Waals surface area contributed by atoms with Crippen LogP contribution in [0.3, 0.4) is 0 Å². The molecule has 0 saturated heterocycles. The first-order chi connectivity index (χ1) is 7.40. The van der Waals surface area contributed by atoms with Crippen LogP contribution in [-0.4, -0.2) is 11.1 Å². The second-order valence-corrected chi connectivity index (χ2v) is 4.59. The van der Waals surface area contributed by atoms with Gasteiger partial charge in [0.1, 0.15) is 11.3 Å². The summed E-state index contributed by atoms with van der Waals surface area (Å²) in [5, 5.41) is 8.92. The Morgan fingerprint density at radius 2 is 1.94 bits per heavy atom. The Bertz CT molecular complexity index is 400. The fraction of sp³-hybridized carbons (Fsp3) is 0.308. The molecule has 0 fully saturated rings. The molecule has 0 bridgehead atoms. The molecule has 0 aliphatic carbocycles. The van der Waals surface area contributed by atoms with Crippen molar-refractivity contribution in [2.75, 3.05) is 0 Å². The molecule has 0 radical (unpaired) electrons. The second-order valence-electron chi connectivity index (χ2n) is 4.59. The molecule has 0 aliphatic rings. The molecule has 0 atom stereocenters. The average Bonchev–Trinajstić information content (AvgIpc) is 2.16. The molecule has 1 rings (SSSR count). The SMILES string of the molecule is CC(C)(C)C=COc1ccccc1C(=O)O. The van der Waals surface area contributed by atoms with Crippen molar-refractivity contribution in [1.82, 2.24) is 0 Å². The van der Waals surface area contributed by atoms with E-state index in [0.717, 1.165) is 0 Å². The maximum Gasteiger partial charge on any atom is 0.339 e. The van der Waals surface area contributed by atoms with Crippen molar-refractivity contribution in [3.63, 3.8) is 0 Å². The number of hydrogen-bond acceptors (Lipinski definition) is 2. The van der Waals surface area contributed by atoms with Gasteiger partial charge in [-0.15, -0.1) is 0 Å². The van der Waals surface area contributed by atoms with Crippen LogP contribution < -0.4 is 4.74 Å². The topological polar surface area (TPSA) is 46.5 Å². The normalized spacial score (nSPS) is 11.7.